The lowest BCUT2D eigenvalue weighted by Crippen LogP contribution is -2.12. The van der Waals surface area contributed by atoms with Crippen LogP contribution in [0.2, 0.25) is 0 Å². The quantitative estimate of drug-likeness (QED) is 0.583. The molecule has 0 aliphatic rings. The van der Waals surface area contributed by atoms with Gasteiger partial charge < -0.3 is 15.9 Å². The van der Waals surface area contributed by atoms with Crippen molar-refractivity contribution in [3.05, 3.63) is 23.8 Å². The van der Waals surface area contributed by atoms with Crippen molar-refractivity contribution in [3.8, 4) is 11.5 Å². The standard InChI is InChI=1S/C8H10FNO2/c9-4-6(10)5-2-1-3-7(11)8(5)12/h1-3,6,11-12H,4,10H2/t6-/m1/s1. The summed E-state index contributed by atoms with van der Waals surface area (Å²) in [5.74, 6) is -0.626. The molecule has 4 heteroatoms. The molecule has 0 unspecified atom stereocenters. The van der Waals surface area contributed by atoms with Gasteiger partial charge in [-0.2, -0.15) is 0 Å². The van der Waals surface area contributed by atoms with Crippen molar-refractivity contribution in [2.24, 2.45) is 5.73 Å². The molecule has 0 heterocycles. The van der Waals surface area contributed by atoms with Gasteiger partial charge in [0.2, 0.25) is 0 Å². The molecule has 1 rings (SSSR count). The third-order valence-electron chi connectivity index (χ3n) is 1.61. The Morgan fingerprint density at radius 1 is 1.42 bits per heavy atom. The predicted molar refractivity (Wildman–Crippen MR) is 42.7 cm³/mol. The summed E-state index contributed by atoms with van der Waals surface area (Å²) in [7, 11) is 0. The Labute approximate surface area is 69.3 Å². The third-order valence-corrected chi connectivity index (χ3v) is 1.61. The second kappa shape index (κ2) is 3.40. The molecule has 1 aromatic carbocycles. The molecule has 0 aromatic heterocycles. The number of para-hydroxylation sites is 1. The molecule has 3 nitrogen and oxygen atoms in total. The third kappa shape index (κ3) is 1.48. The molecular formula is C8H10FNO2. The van der Waals surface area contributed by atoms with Gasteiger partial charge in [-0.05, 0) is 6.07 Å². The van der Waals surface area contributed by atoms with E-state index in [1.54, 1.807) is 0 Å². The lowest BCUT2D eigenvalue weighted by molar-refractivity contribution is 0.383. The van der Waals surface area contributed by atoms with E-state index in [0.29, 0.717) is 0 Å². The second-order valence-corrected chi connectivity index (χ2v) is 2.48. The van der Waals surface area contributed by atoms with E-state index >= 15 is 0 Å². The van der Waals surface area contributed by atoms with Crippen LogP contribution in [-0.2, 0) is 0 Å². The van der Waals surface area contributed by atoms with Gasteiger partial charge in [0.1, 0.15) is 6.67 Å². The van der Waals surface area contributed by atoms with Gasteiger partial charge in [0.15, 0.2) is 11.5 Å². The summed E-state index contributed by atoms with van der Waals surface area (Å²) in [6, 6.07) is 3.40. The highest BCUT2D eigenvalue weighted by atomic mass is 19.1. The highest BCUT2D eigenvalue weighted by Crippen LogP contribution is 2.31. The number of hydrogen-bond donors (Lipinski definition) is 3. The van der Waals surface area contributed by atoms with E-state index < -0.39 is 12.7 Å². The van der Waals surface area contributed by atoms with Crippen molar-refractivity contribution in [2.45, 2.75) is 6.04 Å². The maximum absolute atomic E-state index is 12.1. The molecule has 0 saturated heterocycles. The number of benzene rings is 1. The first-order chi connectivity index (χ1) is 5.66. The maximum atomic E-state index is 12.1. The fourth-order valence-corrected chi connectivity index (χ4v) is 0.931. The van der Waals surface area contributed by atoms with Crippen molar-refractivity contribution in [2.75, 3.05) is 6.67 Å². The minimum atomic E-state index is -0.878. The fraction of sp³-hybridized carbons (Fsp3) is 0.250. The minimum Gasteiger partial charge on any atom is -0.504 e. The summed E-state index contributed by atoms with van der Waals surface area (Å²) in [6.07, 6.45) is 0. The van der Waals surface area contributed by atoms with Gasteiger partial charge >= 0.3 is 0 Å². The number of alkyl halides is 1. The van der Waals surface area contributed by atoms with E-state index in [0.717, 1.165) is 0 Å². The average molecular weight is 171 g/mol. The number of halogens is 1. The van der Waals surface area contributed by atoms with Crippen LogP contribution in [0.5, 0.6) is 11.5 Å². The predicted octanol–water partition coefficient (Wildman–Crippen LogP) is 1.07. The Balaban J connectivity index is 3.07. The molecule has 0 amide bonds. The van der Waals surface area contributed by atoms with E-state index in [2.05, 4.69) is 0 Å². The van der Waals surface area contributed by atoms with Crippen LogP contribution >= 0.6 is 0 Å². The molecule has 4 N–H and O–H groups in total. The second-order valence-electron chi connectivity index (χ2n) is 2.48. The van der Waals surface area contributed by atoms with Crippen molar-refractivity contribution in [1.29, 1.82) is 0 Å². The lowest BCUT2D eigenvalue weighted by Gasteiger charge is -2.09. The molecule has 66 valence electrons. The first kappa shape index (κ1) is 8.80. The number of aromatic hydroxyl groups is 2. The Bertz CT molecular complexity index is 278. The number of hydrogen-bond acceptors (Lipinski definition) is 3. The average Bonchev–Trinajstić information content (AvgIpc) is 2.08. The van der Waals surface area contributed by atoms with Gasteiger partial charge in [0, 0.05) is 5.56 Å². The largest absolute Gasteiger partial charge is 0.504 e. The van der Waals surface area contributed by atoms with Gasteiger partial charge in [0.25, 0.3) is 0 Å². The summed E-state index contributed by atoms with van der Waals surface area (Å²) in [6.45, 7) is -0.767. The maximum Gasteiger partial charge on any atom is 0.162 e. The van der Waals surface area contributed by atoms with Gasteiger partial charge in [0.05, 0.1) is 6.04 Å². The molecule has 0 aliphatic heterocycles. The van der Waals surface area contributed by atoms with Gasteiger partial charge in [-0.15, -0.1) is 0 Å². The molecule has 0 fully saturated rings. The van der Waals surface area contributed by atoms with Gasteiger partial charge in [-0.3, -0.25) is 0 Å². The normalized spacial score (nSPS) is 12.8. The molecule has 0 spiro atoms. The van der Waals surface area contributed by atoms with E-state index in [1.807, 2.05) is 0 Å². The number of rotatable bonds is 2. The highest BCUT2D eigenvalue weighted by Gasteiger charge is 2.12. The van der Waals surface area contributed by atoms with E-state index in [-0.39, 0.29) is 17.1 Å². The summed E-state index contributed by atoms with van der Waals surface area (Å²) in [4.78, 5) is 0. The van der Waals surface area contributed by atoms with Crippen LogP contribution in [0.1, 0.15) is 11.6 Å². The molecule has 0 radical (unpaired) electrons. The summed E-state index contributed by atoms with van der Waals surface area (Å²) in [5, 5.41) is 18.2. The van der Waals surface area contributed by atoms with E-state index in [9.17, 15) is 9.50 Å². The Morgan fingerprint density at radius 2 is 2.08 bits per heavy atom. The molecule has 0 saturated carbocycles. The molecule has 12 heavy (non-hydrogen) atoms. The molecule has 1 aromatic rings. The first-order valence-corrected chi connectivity index (χ1v) is 3.49. The van der Waals surface area contributed by atoms with Crippen LogP contribution < -0.4 is 5.73 Å². The zero-order valence-corrected chi connectivity index (χ0v) is 6.37. The molecular weight excluding hydrogens is 161 g/mol. The van der Waals surface area contributed by atoms with Crippen molar-refractivity contribution in [1.82, 2.24) is 0 Å². The highest BCUT2D eigenvalue weighted by molar-refractivity contribution is 5.45. The molecule has 0 bridgehead atoms. The van der Waals surface area contributed by atoms with Crippen LogP contribution in [0.4, 0.5) is 4.39 Å². The zero-order valence-electron chi connectivity index (χ0n) is 6.37. The zero-order chi connectivity index (χ0) is 9.14. The number of phenols is 2. The van der Waals surface area contributed by atoms with Crippen LogP contribution in [0.15, 0.2) is 18.2 Å². The van der Waals surface area contributed by atoms with Crippen LogP contribution in [-0.4, -0.2) is 16.9 Å². The van der Waals surface area contributed by atoms with Gasteiger partial charge in [-0.25, -0.2) is 4.39 Å². The Morgan fingerprint density at radius 3 is 2.67 bits per heavy atom. The lowest BCUT2D eigenvalue weighted by atomic mass is 10.1. The fourth-order valence-electron chi connectivity index (χ4n) is 0.931. The molecule has 1 atom stereocenters. The first-order valence-electron chi connectivity index (χ1n) is 3.49. The van der Waals surface area contributed by atoms with Crippen molar-refractivity contribution in [3.63, 3.8) is 0 Å². The van der Waals surface area contributed by atoms with Crippen LogP contribution in [0.3, 0.4) is 0 Å². The van der Waals surface area contributed by atoms with Crippen LogP contribution in [0.25, 0.3) is 0 Å². The Hall–Kier alpha value is -1.29. The van der Waals surface area contributed by atoms with Crippen molar-refractivity contribution >= 4 is 0 Å². The summed E-state index contributed by atoms with van der Waals surface area (Å²) < 4.78 is 12.1. The van der Waals surface area contributed by atoms with E-state index in [4.69, 9.17) is 10.8 Å². The summed E-state index contributed by atoms with van der Waals surface area (Å²) >= 11 is 0. The van der Waals surface area contributed by atoms with Crippen molar-refractivity contribution < 1.29 is 14.6 Å². The smallest absolute Gasteiger partial charge is 0.162 e. The topological polar surface area (TPSA) is 66.5 Å². The molecule has 0 aliphatic carbocycles. The number of nitrogens with two attached hydrogens (primary N) is 1. The summed E-state index contributed by atoms with van der Waals surface area (Å²) in [5.41, 5.74) is 5.54. The monoisotopic (exact) mass is 171 g/mol. The number of phenolic OH excluding ortho intramolecular Hbond substituents is 2. The Kier molecular flexibility index (Phi) is 2.50. The van der Waals surface area contributed by atoms with E-state index in [1.165, 1.54) is 18.2 Å². The minimum absolute atomic E-state index is 0.220. The van der Waals surface area contributed by atoms with Gasteiger partial charge in [-0.1, -0.05) is 12.1 Å². The van der Waals surface area contributed by atoms with Crippen LogP contribution in [0, 0.1) is 0 Å². The SMILES string of the molecule is N[C@H](CF)c1cccc(O)c1O.